The standard InChI is InChI=1S/C14H23N3O/c1-2-3-17-8-10(9-18)4-11-5-13-12(6-14(11)17)7-15-16-13/h7,10-11,14,18H,2-6,8-9H2,1H3,(H,15,16)/t10-,11+,14?/m1/s1. The predicted octanol–water partition coefficient (Wildman–Crippen LogP) is 1.22. The van der Waals surface area contributed by atoms with Crippen molar-refractivity contribution >= 4 is 0 Å². The van der Waals surface area contributed by atoms with Gasteiger partial charge >= 0.3 is 0 Å². The molecule has 2 N–H and O–H groups in total. The highest BCUT2D eigenvalue weighted by atomic mass is 16.3. The molecule has 0 bridgehead atoms. The monoisotopic (exact) mass is 249 g/mol. The summed E-state index contributed by atoms with van der Waals surface area (Å²) in [6, 6.07) is 0.665. The van der Waals surface area contributed by atoms with Crippen LogP contribution in [0.3, 0.4) is 0 Å². The second-order valence-electron chi connectivity index (χ2n) is 5.87. The molecule has 1 aromatic heterocycles. The molecule has 1 aliphatic heterocycles. The first kappa shape index (κ1) is 12.2. The van der Waals surface area contributed by atoms with Gasteiger partial charge in [0.05, 0.1) is 5.69 Å². The lowest BCUT2D eigenvalue weighted by molar-refractivity contribution is 0.0270. The van der Waals surface area contributed by atoms with Gasteiger partial charge in [0.25, 0.3) is 0 Å². The molecular weight excluding hydrogens is 226 g/mol. The van der Waals surface area contributed by atoms with Crippen LogP contribution in [0.25, 0.3) is 0 Å². The van der Waals surface area contributed by atoms with Gasteiger partial charge in [-0.15, -0.1) is 0 Å². The molecule has 2 aliphatic rings. The summed E-state index contributed by atoms with van der Waals surface area (Å²) in [5, 5.41) is 16.8. The summed E-state index contributed by atoms with van der Waals surface area (Å²) in [7, 11) is 0. The first-order valence-electron chi connectivity index (χ1n) is 7.18. The Hall–Kier alpha value is -0.870. The fourth-order valence-electron chi connectivity index (χ4n) is 3.79. The maximum atomic E-state index is 9.47. The van der Waals surface area contributed by atoms with Gasteiger partial charge in [0.1, 0.15) is 0 Å². The van der Waals surface area contributed by atoms with Crippen LogP contribution < -0.4 is 0 Å². The van der Waals surface area contributed by atoms with Gasteiger partial charge < -0.3 is 5.11 Å². The van der Waals surface area contributed by atoms with Crippen LogP contribution in [0.5, 0.6) is 0 Å². The highest BCUT2D eigenvalue weighted by Crippen LogP contribution is 2.36. The molecular formula is C14H23N3O. The van der Waals surface area contributed by atoms with Crippen LogP contribution in [0.2, 0.25) is 0 Å². The lowest BCUT2D eigenvalue weighted by Gasteiger charge is -2.46. The summed E-state index contributed by atoms with van der Waals surface area (Å²) in [6.07, 6.45) is 6.63. The number of rotatable bonds is 3. The Labute approximate surface area is 108 Å². The molecule has 2 heterocycles. The molecule has 0 aromatic carbocycles. The molecule has 1 saturated heterocycles. The minimum absolute atomic E-state index is 0.330. The summed E-state index contributed by atoms with van der Waals surface area (Å²) < 4.78 is 0. The summed E-state index contributed by atoms with van der Waals surface area (Å²) in [5.41, 5.74) is 2.66. The SMILES string of the molecule is CCCN1C[C@H](CO)C[C@H]2Cc3n[nH]cc3CC21. The third-order valence-corrected chi connectivity index (χ3v) is 4.60. The molecule has 3 rings (SSSR count). The second kappa shape index (κ2) is 5.02. The number of nitrogens with zero attached hydrogens (tertiary/aromatic N) is 2. The molecule has 0 saturated carbocycles. The molecule has 3 atom stereocenters. The number of hydrogen-bond donors (Lipinski definition) is 2. The maximum absolute atomic E-state index is 9.47. The number of likely N-dealkylation sites (tertiary alicyclic amines) is 1. The largest absolute Gasteiger partial charge is 0.396 e. The van der Waals surface area contributed by atoms with E-state index in [1.54, 1.807) is 0 Å². The number of fused-ring (bicyclic) bond motifs is 2. The number of aliphatic hydroxyl groups excluding tert-OH is 1. The van der Waals surface area contributed by atoms with E-state index in [2.05, 4.69) is 28.2 Å². The van der Waals surface area contributed by atoms with Gasteiger partial charge in [0.2, 0.25) is 0 Å². The van der Waals surface area contributed by atoms with Gasteiger partial charge in [-0.25, -0.2) is 0 Å². The number of aromatic nitrogens is 2. The number of aromatic amines is 1. The van der Waals surface area contributed by atoms with E-state index in [0.717, 1.165) is 32.4 Å². The van der Waals surface area contributed by atoms with Gasteiger partial charge in [0, 0.05) is 25.4 Å². The van der Waals surface area contributed by atoms with Crippen molar-refractivity contribution in [2.45, 2.75) is 38.6 Å². The summed E-state index contributed by atoms with van der Waals surface area (Å²) in [5.74, 6) is 1.14. The van der Waals surface area contributed by atoms with Crippen LogP contribution in [-0.4, -0.2) is 45.9 Å². The Morgan fingerprint density at radius 1 is 1.50 bits per heavy atom. The smallest absolute Gasteiger partial charge is 0.0657 e. The molecule has 4 heteroatoms. The van der Waals surface area contributed by atoms with Crippen molar-refractivity contribution in [1.82, 2.24) is 15.1 Å². The number of H-pyrrole nitrogens is 1. The van der Waals surface area contributed by atoms with E-state index in [9.17, 15) is 5.11 Å². The third kappa shape index (κ3) is 2.08. The lowest BCUT2D eigenvalue weighted by Crippen LogP contribution is -2.52. The zero-order valence-electron chi connectivity index (χ0n) is 11.1. The normalized spacial score (nSPS) is 32.0. The molecule has 1 aromatic rings. The lowest BCUT2D eigenvalue weighted by atomic mass is 9.74. The molecule has 1 fully saturated rings. The van der Waals surface area contributed by atoms with Gasteiger partial charge in [-0.3, -0.25) is 10.00 Å². The van der Waals surface area contributed by atoms with E-state index < -0.39 is 0 Å². The highest BCUT2D eigenvalue weighted by Gasteiger charge is 2.39. The highest BCUT2D eigenvalue weighted by molar-refractivity contribution is 5.23. The Morgan fingerprint density at radius 3 is 3.17 bits per heavy atom. The zero-order chi connectivity index (χ0) is 12.5. The Morgan fingerprint density at radius 2 is 2.39 bits per heavy atom. The van der Waals surface area contributed by atoms with E-state index in [-0.39, 0.29) is 0 Å². The van der Waals surface area contributed by atoms with Crippen LogP contribution in [-0.2, 0) is 12.8 Å². The number of hydrogen-bond acceptors (Lipinski definition) is 3. The van der Waals surface area contributed by atoms with Gasteiger partial charge in [-0.05, 0) is 49.6 Å². The van der Waals surface area contributed by atoms with Crippen molar-refractivity contribution < 1.29 is 5.11 Å². The number of nitrogens with one attached hydrogen (secondary N) is 1. The van der Waals surface area contributed by atoms with E-state index in [4.69, 9.17) is 0 Å². The second-order valence-corrected chi connectivity index (χ2v) is 5.87. The molecule has 18 heavy (non-hydrogen) atoms. The van der Waals surface area contributed by atoms with Crippen LogP contribution in [0.15, 0.2) is 6.20 Å². The van der Waals surface area contributed by atoms with Crippen molar-refractivity contribution in [2.75, 3.05) is 19.7 Å². The minimum atomic E-state index is 0.330. The van der Waals surface area contributed by atoms with Gasteiger partial charge in [-0.1, -0.05) is 6.92 Å². The summed E-state index contributed by atoms with van der Waals surface area (Å²) >= 11 is 0. The van der Waals surface area contributed by atoms with E-state index >= 15 is 0 Å². The fourth-order valence-corrected chi connectivity index (χ4v) is 3.79. The molecule has 100 valence electrons. The van der Waals surface area contributed by atoms with Gasteiger partial charge in [0.15, 0.2) is 0 Å². The van der Waals surface area contributed by atoms with Gasteiger partial charge in [-0.2, -0.15) is 5.10 Å². The topological polar surface area (TPSA) is 52.1 Å². The molecule has 1 unspecified atom stereocenters. The predicted molar refractivity (Wildman–Crippen MR) is 70.3 cm³/mol. The summed E-state index contributed by atoms with van der Waals surface area (Å²) in [4.78, 5) is 2.60. The fraction of sp³-hybridized carbons (Fsp3) is 0.786. The Kier molecular flexibility index (Phi) is 3.39. The molecule has 0 spiro atoms. The summed E-state index contributed by atoms with van der Waals surface area (Å²) in [6.45, 7) is 4.80. The first-order chi connectivity index (χ1) is 8.81. The molecule has 0 radical (unpaired) electrons. The van der Waals surface area contributed by atoms with E-state index in [1.807, 2.05) is 0 Å². The van der Waals surface area contributed by atoms with Crippen LogP contribution in [0.1, 0.15) is 31.0 Å². The van der Waals surface area contributed by atoms with Crippen molar-refractivity contribution in [2.24, 2.45) is 11.8 Å². The number of aliphatic hydroxyl groups is 1. The van der Waals surface area contributed by atoms with Crippen molar-refractivity contribution in [1.29, 1.82) is 0 Å². The van der Waals surface area contributed by atoms with Crippen molar-refractivity contribution in [3.05, 3.63) is 17.5 Å². The van der Waals surface area contributed by atoms with Crippen LogP contribution >= 0.6 is 0 Å². The molecule has 1 aliphatic carbocycles. The molecule has 0 amide bonds. The van der Waals surface area contributed by atoms with E-state index in [0.29, 0.717) is 24.5 Å². The number of piperidine rings is 1. The van der Waals surface area contributed by atoms with Crippen LogP contribution in [0, 0.1) is 11.8 Å². The molecule has 4 nitrogen and oxygen atoms in total. The average molecular weight is 249 g/mol. The van der Waals surface area contributed by atoms with Crippen LogP contribution in [0.4, 0.5) is 0 Å². The Bertz CT molecular complexity index is 403. The zero-order valence-corrected chi connectivity index (χ0v) is 11.1. The first-order valence-corrected chi connectivity index (χ1v) is 7.18. The maximum Gasteiger partial charge on any atom is 0.0657 e. The van der Waals surface area contributed by atoms with Crippen molar-refractivity contribution in [3.8, 4) is 0 Å². The Balaban J connectivity index is 1.81. The van der Waals surface area contributed by atoms with E-state index in [1.165, 1.54) is 17.7 Å². The third-order valence-electron chi connectivity index (χ3n) is 4.60. The van der Waals surface area contributed by atoms with Crippen molar-refractivity contribution in [3.63, 3.8) is 0 Å². The average Bonchev–Trinajstić information content (AvgIpc) is 2.83. The quantitative estimate of drug-likeness (QED) is 0.847. The minimum Gasteiger partial charge on any atom is -0.396 e.